The molecule has 148 valence electrons. The molecule has 0 spiro atoms. The molecule has 7 nitrogen and oxygen atoms in total. The van der Waals surface area contributed by atoms with Gasteiger partial charge in [0.2, 0.25) is 5.95 Å². The molecule has 0 atom stereocenters. The maximum absolute atomic E-state index is 4.93. The summed E-state index contributed by atoms with van der Waals surface area (Å²) >= 11 is 0. The van der Waals surface area contributed by atoms with Gasteiger partial charge in [0.25, 0.3) is 0 Å². The molecule has 0 amide bonds. The second kappa shape index (κ2) is 7.75. The first-order valence-electron chi connectivity index (χ1n) is 10.3. The maximum Gasteiger partial charge on any atom is 0.223 e. The molecule has 3 aromatic heterocycles. The molecule has 2 N–H and O–H groups in total. The molecule has 2 aliphatic rings. The van der Waals surface area contributed by atoms with E-state index in [-0.39, 0.29) is 0 Å². The number of pyridine rings is 2. The minimum absolute atomic E-state index is 0.412. The van der Waals surface area contributed by atoms with Crippen LogP contribution in [-0.4, -0.2) is 50.5 Å². The Kier molecular flexibility index (Phi) is 4.81. The molecule has 7 heteroatoms. The van der Waals surface area contributed by atoms with Gasteiger partial charge in [-0.2, -0.15) is 0 Å². The maximum atomic E-state index is 4.93. The third-order valence-corrected chi connectivity index (χ3v) is 5.68. The van der Waals surface area contributed by atoms with Crippen molar-refractivity contribution < 1.29 is 0 Å². The Balaban J connectivity index is 1.47. The average molecular weight is 387 g/mol. The highest BCUT2D eigenvalue weighted by molar-refractivity contribution is 5.95. The van der Waals surface area contributed by atoms with Crippen molar-refractivity contribution >= 4 is 17.5 Å². The molecule has 3 aromatic rings. The Morgan fingerprint density at radius 3 is 2.83 bits per heavy atom. The van der Waals surface area contributed by atoms with Crippen LogP contribution in [0.5, 0.6) is 0 Å². The number of hydrogen-bond acceptors (Lipinski definition) is 7. The van der Waals surface area contributed by atoms with E-state index in [9.17, 15) is 0 Å². The zero-order chi connectivity index (χ0) is 19.6. The number of likely N-dealkylation sites (tertiary alicyclic amines) is 1. The van der Waals surface area contributed by atoms with Crippen LogP contribution in [0.2, 0.25) is 0 Å². The summed E-state index contributed by atoms with van der Waals surface area (Å²) in [5.74, 6) is 1.48. The van der Waals surface area contributed by atoms with Gasteiger partial charge in [-0.05, 0) is 44.0 Å². The summed E-state index contributed by atoms with van der Waals surface area (Å²) in [5, 5.41) is 6.97. The van der Waals surface area contributed by atoms with Crippen LogP contribution in [0.3, 0.4) is 0 Å². The molecule has 1 fully saturated rings. The Morgan fingerprint density at radius 1 is 1.07 bits per heavy atom. The van der Waals surface area contributed by atoms with Gasteiger partial charge in [0, 0.05) is 54.4 Å². The topological polar surface area (TPSA) is 78.9 Å². The highest BCUT2D eigenvalue weighted by Crippen LogP contribution is 2.41. The van der Waals surface area contributed by atoms with Crippen molar-refractivity contribution in [1.82, 2.24) is 24.8 Å². The highest BCUT2D eigenvalue weighted by Gasteiger charge is 2.23. The summed E-state index contributed by atoms with van der Waals surface area (Å²) < 4.78 is 0. The van der Waals surface area contributed by atoms with Crippen LogP contribution in [0.1, 0.15) is 26.2 Å². The number of fused-ring (bicyclic) bond motifs is 5. The second-order valence-electron chi connectivity index (χ2n) is 7.66. The lowest BCUT2D eigenvalue weighted by Crippen LogP contribution is -2.39. The van der Waals surface area contributed by atoms with Crippen LogP contribution in [0, 0.1) is 0 Å². The first-order chi connectivity index (χ1) is 14.3. The molecule has 0 aliphatic carbocycles. The zero-order valence-electron chi connectivity index (χ0n) is 16.6. The van der Waals surface area contributed by atoms with Crippen molar-refractivity contribution in [2.75, 3.05) is 30.3 Å². The third kappa shape index (κ3) is 3.53. The Hall–Kier alpha value is -3.06. The van der Waals surface area contributed by atoms with Crippen molar-refractivity contribution in [3.63, 3.8) is 0 Å². The van der Waals surface area contributed by atoms with Crippen LogP contribution >= 0.6 is 0 Å². The number of nitrogens with one attached hydrogen (secondary N) is 2. The number of hydrogen-bond donors (Lipinski definition) is 2. The molecular weight excluding hydrogens is 362 g/mol. The molecule has 0 radical (unpaired) electrons. The van der Waals surface area contributed by atoms with Gasteiger partial charge in [0.05, 0.1) is 17.6 Å². The third-order valence-electron chi connectivity index (χ3n) is 5.68. The fraction of sp³-hybridized carbons (Fsp3) is 0.364. The summed E-state index contributed by atoms with van der Waals surface area (Å²) in [7, 11) is 0. The highest BCUT2D eigenvalue weighted by atomic mass is 15.2. The Labute approximate surface area is 170 Å². The van der Waals surface area contributed by atoms with Gasteiger partial charge in [-0.3, -0.25) is 4.98 Å². The predicted octanol–water partition coefficient (Wildman–Crippen LogP) is 3.94. The summed E-state index contributed by atoms with van der Waals surface area (Å²) in [6.45, 7) is 5.69. The van der Waals surface area contributed by atoms with Gasteiger partial charge in [0.15, 0.2) is 0 Å². The van der Waals surface area contributed by atoms with Gasteiger partial charge in [0.1, 0.15) is 5.82 Å². The van der Waals surface area contributed by atoms with Gasteiger partial charge in [-0.1, -0.05) is 6.92 Å². The fourth-order valence-corrected chi connectivity index (χ4v) is 4.21. The van der Waals surface area contributed by atoms with Crippen molar-refractivity contribution in [2.45, 2.75) is 32.2 Å². The van der Waals surface area contributed by atoms with Gasteiger partial charge >= 0.3 is 0 Å². The number of anilines is 3. The van der Waals surface area contributed by atoms with E-state index in [1.807, 2.05) is 30.6 Å². The largest absolute Gasteiger partial charge is 0.351 e. The Bertz CT molecular complexity index is 1010. The lowest BCUT2D eigenvalue weighted by atomic mass is 10.0. The predicted molar refractivity (Wildman–Crippen MR) is 115 cm³/mol. The van der Waals surface area contributed by atoms with E-state index < -0.39 is 0 Å². The lowest BCUT2D eigenvalue weighted by molar-refractivity contribution is 0.219. The van der Waals surface area contributed by atoms with Crippen molar-refractivity contribution in [1.29, 1.82) is 0 Å². The van der Waals surface area contributed by atoms with Crippen molar-refractivity contribution in [2.24, 2.45) is 0 Å². The van der Waals surface area contributed by atoms with Gasteiger partial charge in [-0.25, -0.2) is 15.0 Å². The minimum Gasteiger partial charge on any atom is -0.351 e. The van der Waals surface area contributed by atoms with Crippen molar-refractivity contribution in [3.05, 3.63) is 43.0 Å². The van der Waals surface area contributed by atoms with Crippen molar-refractivity contribution in [3.8, 4) is 22.4 Å². The normalized spacial score (nSPS) is 16.2. The number of piperidine rings is 1. The smallest absolute Gasteiger partial charge is 0.223 e. The lowest BCUT2D eigenvalue weighted by Gasteiger charge is -2.32. The number of nitrogens with zero attached hydrogens (tertiary/aromatic N) is 5. The SMILES string of the molecule is CCCN1CCC(Nc2ncc3c(n2)-c2cccnc2Nc2cnccc2-3)CC1. The van der Waals surface area contributed by atoms with Crippen LogP contribution in [0.25, 0.3) is 22.4 Å². The van der Waals surface area contributed by atoms with Crippen LogP contribution in [0.4, 0.5) is 17.5 Å². The first kappa shape index (κ1) is 18.0. The zero-order valence-corrected chi connectivity index (χ0v) is 16.6. The quantitative estimate of drug-likeness (QED) is 0.549. The van der Waals surface area contributed by atoms with E-state index in [4.69, 9.17) is 4.98 Å². The molecule has 0 bridgehead atoms. The summed E-state index contributed by atoms with van der Waals surface area (Å²) in [6.07, 6.45) is 10.8. The molecule has 0 unspecified atom stereocenters. The van der Waals surface area contributed by atoms with Crippen LogP contribution in [0.15, 0.2) is 43.0 Å². The Morgan fingerprint density at radius 2 is 1.97 bits per heavy atom. The van der Waals surface area contributed by atoms with Crippen LogP contribution < -0.4 is 10.6 Å². The molecule has 0 aromatic carbocycles. The van der Waals surface area contributed by atoms with Gasteiger partial charge < -0.3 is 15.5 Å². The minimum atomic E-state index is 0.412. The fourth-order valence-electron chi connectivity index (χ4n) is 4.21. The second-order valence-corrected chi connectivity index (χ2v) is 7.66. The molecule has 0 saturated carbocycles. The van der Waals surface area contributed by atoms with Crippen LogP contribution in [-0.2, 0) is 0 Å². The molecular formula is C22H25N7. The monoisotopic (exact) mass is 387 g/mol. The summed E-state index contributed by atoms with van der Waals surface area (Å²) in [5.41, 5.74) is 4.81. The molecule has 5 rings (SSSR count). The summed E-state index contributed by atoms with van der Waals surface area (Å²) in [4.78, 5) is 20.9. The van der Waals surface area contributed by atoms with E-state index in [1.54, 1.807) is 12.4 Å². The molecule has 5 heterocycles. The number of rotatable bonds is 4. The number of aromatic nitrogens is 4. The van der Waals surface area contributed by atoms with E-state index in [0.717, 1.165) is 59.8 Å². The van der Waals surface area contributed by atoms with E-state index in [0.29, 0.717) is 12.0 Å². The average Bonchev–Trinajstić information content (AvgIpc) is 2.90. The first-order valence-corrected chi connectivity index (χ1v) is 10.3. The molecule has 29 heavy (non-hydrogen) atoms. The standard InChI is InChI=1S/C22H25N7/c1-2-10-29-11-6-15(7-12-29)26-22-25-13-18-16-5-9-23-14-19(16)27-21-17(20(18)28-22)4-3-8-24-21/h3-5,8-9,13-15H,2,6-7,10-12H2,1H3,(H,24,27)(H,25,26,28). The van der Waals surface area contributed by atoms with E-state index >= 15 is 0 Å². The summed E-state index contributed by atoms with van der Waals surface area (Å²) in [6, 6.07) is 6.40. The molecule has 1 saturated heterocycles. The van der Waals surface area contributed by atoms with E-state index in [1.165, 1.54) is 13.0 Å². The van der Waals surface area contributed by atoms with E-state index in [2.05, 4.69) is 37.4 Å². The molecule has 2 aliphatic heterocycles. The van der Waals surface area contributed by atoms with Gasteiger partial charge in [-0.15, -0.1) is 0 Å².